The normalized spacial score (nSPS) is 11.5. The highest BCUT2D eigenvalue weighted by atomic mass is 32.2. The predicted octanol–water partition coefficient (Wildman–Crippen LogP) is 0.0939. The summed E-state index contributed by atoms with van der Waals surface area (Å²) in [6.45, 7) is 0.0850. The molecule has 2 aromatic rings. The molecule has 2 rings (SSSR count). The number of carboxylic acid groups (broad SMARTS) is 1. The molecule has 2 N–H and O–H groups in total. The lowest BCUT2D eigenvalue weighted by molar-refractivity contribution is 0.0691. The van der Waals surface area contributed by atoms with Crippen LogP contribution >= 0.6 is 0 Å². The van der Waals surface area contributed by atoms with E-state index in [1.807, 2.05) is 0 Å². The largest absolute Gasteiger partial charge is 0.476 e. The van der Waals surface area contributed by atoms with Crippen LogP contribution in [0.25, 0.3) is 0 Å². The Bertz CT molecular complexity index is 759. The third-order valence-corrected chi connectivity index (χ3v) is 3.89. The molecule has 8 nitrogen and oxygen atoms in total. The molecule has 21 heavy (non-hydrogen) atoms. The standard InChI is InChI=1S/C11H11FN4O4S/c12-8-2-1-3-13-10(8)21(19,20)15-4-5-16-6-9(11(17)18)14-7-16/h1-3,6-7,15H,4-5H2,(H,17,18). The highest BCUT2D eigenvalue weighted by Crippen LogP contribution is 2.09. The lowest BCUT2D eigenvalue weighted by Crippen LogP contribution is -2.28. The number of pyridine rings is 1. The van der Waals surface area contributed by atoms with E-state index in [2.05, 4.69) is 14.7 Å². The Hall–Kier alpha value is -2.33. The topological polar surface area (TPSA) is 114 Å². The summed E-state index contributed by atoms with van der Waals surface area (Å²) < 4.78 is 40.6. The number of aromatic nitrogens is 3. The maximum Gasteiger partial charge on any atom is 0.356 e. The molecule has 0 aromatic carbocycles. The highest BCUT2D eigenvalue weighted by molar-refractivity contribution is 7.89. The van der Waals surface area contributed by atoms with Crippen molar-refractivity contribution < 1.29 is 22.7 Å². The van der Waals surface area contributed by atoms with Crippen molar-refractivity contribution >= 4 is 16.0 Å². The number of imidazole rings is 1. The molecule has 0 saturated heterocycles. The second kappa shape index (κ2) is 5.97. The van der Waals surface area contributed by atoms with Gasteiger partial charge in [-0.3, -0.25) is 0 Å². The number of nitrogens with one attached hydrogen (secondary N) is 1. The van der Waals surface area contributed by atoms with E-state index in [4.69, 9.17) is 5.11 Å². The van der Waals surface area contributed by atoms with Gasteiger partial charge in [-0.15, -0.1) is 0 Å². The summed E-state index contributed by atoms with van der Waals surface area (Å²) in [7, 11) is -4.06. The minimum atomic E-state index is -4.06. The first kappa shape index (κ1) is 15.1. The van der Waals surface area contributed by atoms with Crippen molar-refractivity contribution in [3.63, 3.8) is 0 Å². The average molecular weight is 314 g/mol. The van der Waals surface area contributed by atoms with Gasteiger partial charge in [0.15, 0.2) is 11.5 Å². The van der Waals surface area contributed by atoms with Crippen LogP contribution in [0.5, 0.6) is 0 Å². The van der Waals surface area contributed by atoms with E-state index >= 15 is 0 Å². The molecule has 0 aliphatic heterocycles. The van der Waals surface area contributed by atoms with Gasteiger partial charge in [0, 0.05) is 25.5 Å². The number of carboxylic acids is 1. The molecule has 0 fully saturated rings. The first-order valence-electron chi connectivity index (χ1n) is 5.75. The molecule has 10 heteroatoms. The molecule has 0 aliphatic carbocycles. The summed E-state index contributed by atoms with van der Waals surface area (Å²) in [6.07, 6.45) is 3.70. The zero-order chi connectivity index (χ0) is 15.5. The lowest BCUT2D eigenvalue weighted by atomic mass is 10.5. The molecule has 0 spiro atoms. The van der Waals surface area contributed by atoms with E-state index in [-0.39, 0.29) is 18.8 Å². The van der Waals surface area contributed by atoms with Crippen LogP contribution in [0.2, 0.25) is 0 Å². The van der Waals surface area contributed by atoms with Crippen LogP contribution in [0.1, 0.15) is 10.5 Å². The van der Waals surface area contributed by atoms with E-state index < -0.39 is 26.8 Å². The van der Waals surface area contributed by atoms with Crippen LogP contribution in [-0.2, 0) is 16.6 Å². The van der Waals surface area contributed by atoms with Crippen molar-refractivity contribution in [1.29, 1.82) is 0 Å². The van der Waals surface area contributed by atoms with Gasteiger partial charge in [-0.25, -0.2) is 32.3 Å². The molecule has 2 heterocycles. The smallest absolute Gasteiger partial charge is 0.356 e. The van der Waals surface area contributed by atoms with Gasteiger partial charge in [-0.2, -0.15) is 0 Å². The van der Waals surface area contributed by atoms with Crippen LogP contribution in [0.4, 0.5) is 4.39 Å². The van der Waals surface area contributed by atoms with E-state index in [1.54, 1.807) is 0 Å². The second-order valence-corrected chi connectivity index (χ2v) is 5.67. The van der Waals surface area contributed by atoms with Gasteiger partial charge < -0.3 is 9.67 Å². The third kappa shape index (κ3) is 3.61. The third-order valence-electron chi connectivity index (χ3n) is 2.49. The second-order valence-electron chi connectivity index (χ2n) is 3.99. The number of carbonyl (C=O) groups is 1. The molecule has 0 atom stereocenters. The lowest BCUT2D eigenvalue weighted by Gasteiger charge is -2.06. The van der Waals surface area contributed by atoms with Crippen LogP contribution in [0.15, 0.2) is 35.9 Å². The Morgan fingerprint density at radius 1 is 1.43 bits per heavy atom. The van der Waals surface area contributed by atoms with Crippen LogP contribution in [-0.4, -0.2) is 40.6 Å². The molecular weight excluding hydrogens is 303 g/mol. The Balaban J connectivity index is 1.99. The number of hydrogen-bond acceptors (Lipinski definition) is 5. The molecule has 0 aliphatic rings. The summed E-state index contributed by atoms with van der Waals surface area (Å²) in [6, 6.07) is 2.28. The molecule has 0 bridgehead atoms. The summed E-state index contributed by atoms with van der Waals surface area (Å²) >= 11 is 0. The maximum atomic E-state index is 13.4. The minimum absolute atomic E-state index is 0.0617. The van der Waals surface area contributed by atoms with Crippen molar-refractivity contribution in [1.82, 2.24) is 19.3 Å². The fourth-order valence-electron chi connectivity index (χ4n) is 1.54. The fraction of sp³-hybridized carbons (Fsp3) is 0.182. The summed E-state index contributed by atoms with van der Waals surface area (Å²) in [5.74, 6) is -2.12. The number of rotatable bonds is 6. The molecule has 2 aromatic heterocycles. The van der Waals surface area contributed by atoms with E-state index in [9.17, 15) is 17.6 Å². The number of sulfonamides is 1. The Kier molecular flexibility index (Phi) is 4.29. The van der Waals surface area contributed by atoms with Crippen molar-refractivity contribution in [2.75, 3.05) is 6.54 Å². The van der Waals surface area contributed by atoms with Crippen molar-refractivity contribution in [3.8, 4) is 0 Å². The summed E-state index contributed by atoms with van der Waals surface area (Å²) in [5, 5.41) is 8.02. The average Bonchev–Trinajstić information content (AvgIpc) is 2.88. The molecular formula is C11H11FN4O4S. The summed E-state index contributed by atoms with van der Waals surface area (Å²) in [5.41, 5.74) is -0.145. The first-order chi connectivity index (χ1) is 9.90. The van der Waals surface area contributed by atoms with Gasteiger partial charge in [-0.1, -0.05) is 0 Å². The molecule has 0 radical (unpaired) electrons. The number of halogens is 1. The van der Waals surface area contributed by atoms with Crippen LogP contribution < -0.4 is 4.72 Å². The van der Waals surface area contributed by atoms with Gasteiger partial charge in [0.05, 0.1) is 6.33 Å². The van der Waals surface area contributed by atoms with Gasteiger partial charge in [0.1, 0.15) is 0 Å². The molecule has 112 valence electrons. The number of hydrogen-bond donors (Lipinski definition) is 2. The fourth-order valence-corrected chi connectivity index (χ4v) is 2.56. The minimum Gasteiger partial charge on any atom is -0.476 e. The zero-order valence-electron chi connectivity index (χ0n) is 10.6. The van der Waals surface area contributed by atoms with Gasteiger partial charge in [-0.05, 0) is 12.1 Å². The van der Waals surface area contributed by atoms with Gasteiger partial charge >= 0.3 is 5.97 Å². The Morgan fingerprint density at radius 3 is 2.81 bits per heavy atom. The predicted molar refractivity (Wildman–Crippen MR) is 68.6 cm³/mol. The van der Waals surface area contributed by atoms with E-state index in [1.165, 1.54) is 29.4 Å². The Labute approximate surface area is 119 Å². The van der Waals surface area contributed by atoms with Crippen molar-refractivity contribution in [2.24, 2.45) is 0 Å². The van der Waals surface area contributed by atoms with E-state index in [0.717, 1.165) is 6.07 Å². The van der Waals surface area contributed by atoms with Crippen molar-refractivity contribution in [2.45, 2.75) is 11.6 Å². The number of aromatic carboxylic acids is 1. The van der Waals surface area contributed by atoms with Gasteiger partial charge in [0.25, 0.3) is 10.0 Å². The SMILES string of the molecule is O=C(O)c1cn(CCNS(=O)(=O)c2ncccc2F)cn1. The maximum absolute atomic E-state index is 13.4. The Morgan fingerprint density at radius 2 is 2.19 bits per heavy atom. The highest BCUT2D eigenvalue weighted by Gasteiger charge is 2.19. The number of nitrogens with zero attached hydrogens (tertiary/aromatic N) is 3. The monoisotopic (exact) mass is 314 g/mol. The van der Waals surface area contributed by atoms with E-state index in [0.29, 0.717) is 0 Å². The molecule has 0 saturated carbocycles. The van der Waals surface area contributed by atoms with Crippen LogP contribution in [0, 0.1) is 5.82 Å². The van der Waals surface area contributed by atoms with Crippen LogP contribution in [0.3, 0.4) is 0 Å². The van der Waals surface area contributed by atoms with Crippen molar-refractivity contribution in [3.05, 3.63) is 42.4 Å². The molecule has 0 amide bonds. The molecule has 0 unspecified atom stereocenters. The summed E-state index contributed by atoms with van der Waals surface area (Å²) in [4.78, 5) is 17.7. The zero-order valence-corrected chi connectivity index (χ0v) is 11.4. The quantitative estimate of drug-likeness (QED) is 0.781. The van der Waals surface area contributed by atoms with Gasteiger partial charge in [0.2, 0.25) is 5.03 Å². The first-order valence-corrected chi connectivity index (χ1v) is 7.24.